The zero-order valence-electron chi connectivity index (χ0n) is 23.7. The summed E-state index contributed by atoms with van der Waals surface area (Å²) in [4.78, 5) is 12.6. The smallest absolute Gasteiger partial charge is 0.230 e. The van der Waals surface area contributed by atoms with Crippen molar-refractivity contribution in [2.75, 3.05) is 10.6 Å². The van der Waals surface area contributed by atoms with E-state index in [4.69, 9.17) is 4.74 Å². The van der Waals surface area contributed by atoms with Gasteiger partial charge in [0.05, 0.1) is 12.1 Å². The number of aromatic nitrogens is 4. The lowest BCUT2D eigenvalue weighted by Gasteiger charge is -2.13. The van der Waals surface area contributed by atoms with Crippen molar-refractivity contribution in [3.05, 3.63) is 124 Å². The van der Waals surface area contributed by atoms with Crippen molar-refractivity contribution in [2.45, 2.75) is 51.4 Å². The highest BCUT2D eigenvalue weighted by Crippen LogP contribution is 2.20. The highest BCUT2D eigenvalue weighted by molar-refractivity contribution is 7.15. The van der Waals surface area contributed by atoms with E-state index < -0.39 is 6.23 Å². The lowest BCUT2D eigenvalue weighted by Crippen LogP contribution is -2.22. The number of aliphatic hydroxyl groups excluding tert-OH is 1. The summed E-state index contributed by atoms with van der Waals surface area (Å²) in [6, 6.07) is 31.1. The fourth-order valence-electron chi connectivity index (χ4n) is 4.45. The summed E-state index contributed by atoms with van der Waals surface area (Å²) in [6.45, 7) is 0.474. The average molecular weight is 595 g/mol. The number of carbonyl (C=O) groups is 1. The third-order valence-corrected chi connectivity index (χ3v) is 7.50. The molecule has 0 spiro atoms. The van der Waals surface area contributed by atoms with E-state index in [0.29, 0.717) is 24.0 Å². The van der Waals surface area contributed by atoms with Crippen LogP contribution in [-0.4, -0.2) is 37.6 Å². The third-order valence-electron chi connectivity index (χ3n) is 6.60. The summed E-state index contributed by atoms with van der Waals surface area (Å²) in [5.74, 6) is 1.12. The van der Waals surface area contributed by atoms with Crippen LogP contribution in [0.25, 0.3) is 0 Å². The van der Waals surface area contributed by atoms with Gasteiger partial charge in [-0.25, -0.2) is 0 Å². The topological polar surface area (TPSA) is 122 Å². The van der Waals surface area contributed by atoms with Gasteiger partial charge in [0, 0.05) is 12.8 Å². The predicted molar refractivity (Wildman–Crippen MR) is 168 cm³/mol. The van der Waals surface area contributed by atoms with Crippen LogP contribution in [0.4, 0.5) is 10.9 Å². The van der Waals surface area contributed by atoms with E-state index in [2.05, 4.69) is 31.0 Å². The van der Waals surface area contributed by atoms with Crippen molar-refractivity contribution in [2.24, 2.45) is 0 Å². The number of carbonyl (C=O) groups excluding carboxylic acids is 1. The van der Waals surface area contributed by atoms with Gasteiger partial charge in [-0.1, -0.05) is 84.1 Å². The first-order valence-corrected chi connectivity index (χ1v) is 15.1. The van der Waals surface area contributed by atoms with Gasteiger partial charge in [-0.05, 0) is 60.2 Å². The number of unbranched alkanes of at least 4 members (excludes halogenated alkanes) is 1. The van der Waals surface area contributed by atoms with Crippen LogP contribution in [0.1, 0.15) is 40.2 Å². The van der Waals surface area contributed by atoms with Crippen molar-refractivity contribution >= 4 is 28.2 Å². The number of aryl methyl sites for hydroxylation is 2. The summed E-state index contributed by atoms with van der Waals surface area (Å²) in [6.07, 6.45) is 3.36. The Morgan fingerprint density at radius 2 is 1.53 bits per heavy atom. The Bertz CT molecular complexity index is 1560. The van der Waals surface area contributed by atoms with E-state index in [1.54, 1.807) is 0 Å². The molecule has 1 amide bonds. The number of benzene rings is 3. The normalized spacial score (nSPS) is 11.6. The molecule has 0 fully saturated rings. The first-order chi connectivity index (χ1) is 21.1. The molecular weight excluding hydrogens is 560 g/mol. The van der Waals surface area contributed by atoms with Gasteiger partial charge in [0.2, 0.25) is 11.0 Å². The van der Waals surface area contributed by atoms with Gasteiger partial charge in [-0.15, -0.1) is 15.3 Å². The maximum Gasteiger partial charge on any atom is 0.230 e. The van der Waals surface area contributed by atoms with Gasteiger partial charge in [0.25, 0.3) is 0 Å². The molecule has 9 nitrogen and oxygen atoms in total. The van der Waals surface area contributed by atoms with Gasteiger partial charge in [-0.3, -0.25) is 4.79 Å². The Morgan fingerprint density at radius 3 is 2.30 bits per heavy atom. The molecule has 0 bridgehead atoms. The minimum atomic E-state index is -0.736. The molecule has 2 heterocycles. The summed E-state index contributed by atoms with van der Waals surface area (Å²) in [5, 5.41) is 34.3. The van der Waals surface area contributed by atoms with E-state index >= 15 is 0 Å². The van der Waals surface area contributed by atoms with Crippen LogP contribution >= 0.6 is 11.3 Å². The summed E-state index contributed by atoms with van der Waals surface area (Å²) >= 11 is 1.40. The van der Waals surface area contributed by atoms with Gasteiger partial charge in [-0.2, -0.15) is 5.10 Å². The van der Waals surface area contributed by atoms with Crippen molar-refractivity contribution < 1.29 is 14.6 Å². The van der Waals surface area contributed by atoms with Gasteiger partial charge < -0.3 is 20.5 Å². The van der Waals surface area contributed by atoms with Crippen molar-refractivity contribution in [3.8, 4) is 5.75 Å². The van der Waals surface area contributed by atoms with E-state index in [-0.39, 0.29) is 12.3 Å². The molecule has 43 heavy (non-hydrogen) atoms. The van der Waals surface area contributed by atoms with Crippen LogP contribution in [0.5, 0.6) is 5.75 Å². The first-order valence-electron chi connectivity index (χ1n) is 14.3. The van der Waals surface area contributed by atoms with Gasteiger partial charge in [0.15, 0.2) is 5.82 Å². The molecule has 0 radical (unpaired) electrons. The number of hydrogen-bond donors (Lipinski definition) is 3. The Labute approximate surface area is 255 Å². The van der Waals surface area contributed by atoms with Crippen molar-refractivity contribution in [1.29, 1.82) is 0 Å². The van der Waals surface area contributed by atoms with Crippen LogP contribution in [0.2, 0.25) is 0 Å². The summed E-state index contributed by atoms with van der Waals surface area (Å²) in [5.41, 5.74) is 3.89. The lowest BCUT2D eigenvalue weighted by atomic mass is 10.1. The van der Waals surface area contributed by atoms with E-state index in [9.17, 15) is 9.90 Å². The molecule has 1 atom stereocenters. The monoisotopic (exact) mass is 594 g/mol. The average Bonchev–Trinajstić information content (AvgIpc) is 3.47. The minimum absolute atomic E-state index is 0.146. The molecule has 3 N–H and O–H groups in total. The fraction of sp³-hybridized carbons (Fsp3) is 0.242. The quantitative estimate of drug-likeness (QED) is 0.105. The highest BCUT2D eigenvalue weighted by Gasteiger charge is 2.11. The molecule has 10 heteroatoms. The Hall–Kier alpha value is -4.67. The molecule has 0 saturated heterocycles. The molecule has 0 saturated carbocycles. The van der Waals surface area contributed by atoms with E-state index in [1.165, 1.54) is 11.3 Å². The zero-order valence-corrected chi connectivity index (χ0v) is 24.5. The van der Waals surface area contributed by atoms with Gasteiger partial charge >= 0.3 is 0 Å². The third kappa shape index (κ3) is 9.98. The van der Waals surface area contributed by atoms with Crippen LogP contribution < -0.4 is 15.4 Å². The molecule has 5 rings (SSSR count). The standard InChI is InChI=1S/C33H34N6O3S/c40-30(21-24-10-3-1-4-11-24)34-29-19-18-27(36-37-29)15-7-8-17-32-38-39-33(43-32)35-31(41)22-26-14-9-16-28(20-26)42-23-25-12-5-2-6-13-25/h1-6,9-14,16,18-20,30,40H,7-8,15,17,21-23H2,(H,34,37)(H,35,39,41). The number of rotatable bonds is 15. The first kappa shape index (κ1) is 29.8. The molecule has 0 aliphatic heterocycles. The minimum Gasteiger partial charge on any atom is -0.489 e. The van der Waals surface area contributed by atoms with Crippen molar-refractivity contribution in [3.63, 3.8) is 0 Å². The molecule has 5 aromatic rings. The van der Waals surface area contributed by atoms with Crippen LogP contribution in [0.3, 0.4) is 0 Å². The number of hydrogen-bond acceptors (Lipinski definition) is 9. The number of anilines is 2. The molecule has 0 aliphatic carbocycles. The molecule has 2 aromatic heterocycles. The zero-order chi connectivity index (χ0) is 29.7. The van der Waals surface area contributed by atoms with E-state index in [1.807, 2.05) is 97.1 Å². The lowest BCUT2D eigenvalue weighted by molar-refractivity contribution is -0.115. The summed E-state index contributed by atoms with van der Waals surface area (Å²) in [7, 11) is 0. The van der Waals surface area contributed by atoms with Gasteiger partial charge in [0.1, 0.15) is 23.6 Å². The molecule has 3 aromatic carbocycles. The molecule has 0 aliphatic rings. The van der Waals surface area contributed by atoms with Crippen LogP contribution in [-0.2, 0) is 37.1 Å². The number of aliphatic hydroxyl groups is 1. The second-order valence-corrected chi connectivity index (χ2v) is 11.2. The Kier molecular flexibility index (Phi) is 10.8. The van der Waals surface area contributed by atoms with Crippen LogP contribution in [0.15, 0.2) is 97.1 Å². The highest BCUT2D eigenvalue weighted by atomic mass is 32.1. The maximum absolute atomic E-state index is 12.6. The number of ether oxygens (including phenoxy) is 1. The fourth-order valence-corrected chi connectivity index (χ4v) is 5.25. The largest absolute Gasteiger partial charge is 0.489 e. The number of nitrogens with zero attached hydrogens (tertiary/aromatic N) is 4. The maximum atomic E-state index is 12.6. The van der Waals surface area contributed by atoms with Crippen LogP contribution in [0, 0.1) is 0 Å². The number of nitrogens with one attached hydrogen (secondary N) is 2. The molecule has 1 unspecified atom stereocenters. The second-order valence-electron chi connectivity index (χ2n) is 10.1. The van der Waals surface area contributed by atoms with E-state index in [0.717, 1.165) is 58.8 Å². The molecule has 220 valence electrons. The Balaban J connectivity index is 0.994. The van der Waals surface area contributed by atoms with Crippen molar-refractivity contribution in [1.82, 2.24) is 20.4 Å². The Morgan fingerprint density at radius 1 is 0.791 bits per heavy atom. The molecular formula is C33H34N6O3S. The number of amides is 1. The predicted octanol–water partition coefficient (Wildman–Crippen LogP) is 5.63. The summed E-state index contributed by atoms with van der Waals surface area (Å²) < 4.78 is 5.88. The SMILES string of the molecule is O=C(Cc1cccc(OCc2ccccc2)c1)Nc1nnc(CCCCc2ccc(NC(O)Cc3ccccc3)nn2)s1. The second kappa shape index (κ2) is 15.5.